The van der Waals surface area contributed by atoms with Crippen LogP contribution in [0, 0.1) is 5.41 Å². The van der Waals surface area contributed by atoms with Crippen molar-refractivity contribution in [2.45, 2.75) is 62.3 Å². The summed E-state index contributed by atoms with van der Waals surface area (Å²) in [6, 6.07) is 0.0243. The summed E-state index contributed by atoms with van der Waals surface area (Å²) < 4.78 is 28.3. The largest absolute Gasteiger partial charge is 0.353 e. The molecule has 2 heterocycles. The number of carbonyl (C=O) groups is 1. The quantitative estimate of drug-likeness (QED) is 0.704. The molecular weight excluding hydrogens is 402 g/mol. The molecule has 0 radical (unpaired) electrons. The molecule has 8 nitrogen and oxygen atoms in total. The van der Waals surface area contributed by atoms with Crippen molar-refractivity contribution in [3.63, 3.8) is 0 Å². The monoisotopic (exact) mass is 433 g/mol. The number of sulfonamides is 1. The van der Waals surface area contributed by atoms with Gasteiger partial charge in [-0.3, -0.25) is 9.48 Å². The number of nitrogens with zero attached hydrogens (tertiary/aromatic N) is 3. The molecule has 0 bridgehead atoms. The van der Waals surface area contributed by atoms with Crippen LogP contribution in [0.2, 0.25) is 0 Å². The first-order valence-corrected chi connectivity index (χ1v) is 11.3. The fraction of sp³-hybridized carbons (Fsp3) is 0.778. The zero-order valence-corrected chi connectivity index (χ0v) is 18.1. The van der Waals surface area contributed by atoms with Crippen molar-refractivity contribution in [1.29, 1.82) is 0 Å². The summed E-state index contributed by atoms with van der Waals surface area (Å²) in [5.41, 5.74) is 5.93. The van der Waals surface area contributed by atoms with Crippen molar-refractivity contribution in [3.05, 3.63) is 12.4 Å². The van der Waals surface area contributed by atoms with Crippen LogP contribution in [0.1, 0.15) is 51.4 Å². The molecule has 0 unspecified atom stereocenters. The minimum Gasteiger partial charge on any atom is -0.353 e. The average Bonchev–Trinajstić information content (AvgIpc) is 3.10. The Morgan fingerprint density at radius 2 is 1.93 bits per heavy atom. The molecule has 1 saturated heterocycles. The van der Waals surface area contributed by atoms with Crippen LogP contribution in [0.15, 0.2) is 17.3 Å². The molecule has 3 rings (SSSR count). The number of carbonyl (C=O) groups excluding carboxylic acids is 1. The van der Waals surface area contributed by atoms with Crippen molar-refractivity contribution < 1.29 is 13.2 Å². The van der Waals surface area contributed by atoms with E-state index in [1.807, 2.05) is 0 Å². The molecule has 2 fully saturated rings. The van der Waals surface area contributed by atoms with E-state index in [2.05, 4.69) is 10.4 Å². The number of hydrogen-bond acceptors (Lipinski definition) is 5. The maximum atomic E-state index is 12.6. The molecule has 28 heavy (non-hydrogen) atoms. The van der Waals surface area contributed by atoms with Gasteiger partial charge in [-0.1, -0.05) is 19.3 Å². The zero-order chi connectivity index (χ0) is 19.5. The van der Waals surface area contributed by atoms with Gasteiger partial charge < -0.3 is 11.1 Å². The molecule has 0 atom stereocenters. The van der Waals surface area contributed by atoms with Crippen LogP contribution in [-0.2, 0) is 21.9 Å². The molecule has 160 valence electrons. The molecule has 1 aliphatic carbocycles. The molecular formula is C18H32ClN5O3S. The van der Waals surface area contributed by atoms with E-state index >= 15 is 0 Å². The Bertz CT molecular complexity index is 753. The van der Waals surface area contributed by atoms with Crippen molar-refractivity contribution >= 4 is 28.3 Å². The Morgan fingerprint density at radius 3 is 2.46 bits per heavy atom. The lowest BCUT2D eigenvalue weighted by Gasteiger charge is -2.37. The van der Waals surface area contributed by atoms with Gasteiger partial charge in [0, 0.05) is 38.8 Å². The average molecular weight is 434 g/mol. The van der Waals surface area contributed by atoms with E-state index in [9.17, 15) is 13.2 Å². The Hall–Kier alpha value is -1.16. The number of nitrogens with two attached hydrogens (primary N) is 1. The molecule has 1 saturated carbocycles. The summed E-state index contributed by atoms with van der Waals surface area (Å²) >= 11 is 0. The van der Waals surface area contributed by atoms with Crippen LogP contribution < -0.4 is 11.1 Å². The van der Waals surface area contributed by atoms with E-state index in [0.717, 1.165) is 25.7 Å². The predicted octanol–water partition coefficient (Wildman–Crippen LogP) is 1.41. The summed E-state index contributed by atoms with van der Waals surface area (Å²) in [5, 5.41) is 7.05. The second kappa shape index (κ2) is 9.56. The van der Waals surface area contributed by atoms with E-state index in [1.165, 1.54) is 27.8 Å². The molecule has 0 spiro atoms. The normalized spacial score (nSPS) is 21.1. The number of nitrogens with one attached hydrogen (secondary N) is 1. The minimum atomic E-state index is -3.51. The molecule has 1 aliphatic heterocycles. The van der Waals surface area contributed by atoms with Gasteiger partial charge in [-0.15, -0.1) is 12.4 Å². The molecule has 2 aliphatic rings. The van der Waals surface area contributed by atoms with E-state index in [4.69, 9.17) is 5.73 Å². The zero-order valence-electron chi connectivity index (χ0n) is 16.5. The van der Waals surface area contributed by atoms with Gasteiger partial charge >= 0.3 is 0 Å². The molecule has 3 N–H and O–H groups in total. The van der Waals surface area contributed by atoms with Crippen LogP contribution in [0.5, 0.6) is 0 Å². The maximum Gasteiger partial charge on any atom is 0.246 e. The maximum absolute atomic E-state index is 12.6. The summed E-state index contributed by atoms with van der Waals surface area (Å²) in [4.78, 5) is 12.8. The first-order valence-electron chi connectivity index (χ1n) is 9.83. The van der Waals surface area contributed by atoms with Crippen LogP contribution in [0.25, 0.3) is 0 Å². The number of halogens is 1. The summed E-state index contributed by atoms with van der Waals surface area (Å²) in [7, 11) is -1.81. The second-order valence-corrected chi connectivity index (χ2v) is 9.98. The van der Waals surface area contributed by atoms with Crippen molar-refractivity contribution in [1.82, 2.24) is 19.4 Å². The number of aryl methyl sites for hydroxylation is 1. The summed E-state index contributed by atoms with van der Waals surface area (Å²) in [6.45, 7) is 1.37. The van der Waals surface area contributed by atoms with Crippen LogP contribution >= 0.6 is 12.4 Å². The highest BCUT2D eigenvalue weighted by atomic mass is 35.5. The fourth-order valence-corrected chi connectivity index (χ4v) is 5.75. The third kappa shape index (κ3) is 5.25. The second-order valence-electron chi connectivity index (χ2n) is 8.04. The molecule has 1 aromatic heterocycles. The first kappa shape index (κ1) is 23.1. The van der Waals surface area contributed by atoms with Gasteiger partial charge in [-0.05, 0) is 37.6 Å². The number of aromatic nitrogens is 2. The first-order chi connectivity index (χ1) is 12.8. The highest BCUT2D eigenvalue weighted by Crippen LogP contribution is 2.38. The van der Waals surface area contributed by atoms with Crippen LogP contribution in [0.4, 0.5) is 0 Å². The van der Waals surface area contributed by atoms with Crippen molar-refractivity contribution in [2.24, 2.45) is 18.2 Å². The Morgan fingerprint density at radius 1 is 1.29 bits per heavy atom. The fourth-order valence-electron chi connectivity index (χ4n) is 4.30. The lowest BCUT2D eigenvalue weighted by molar-refractivity contribution is -0.124. The van der Waals surface area contributed by atoms with Crippen LogP contribution in [-0.4, -0.2) is 54.1 Å². The lowest BCUT2D eigenvalue weighted by Crippen LogP contribution is -2.48. The van der Waals surface area contributed by atoms with Gasteiger partial charge in [0.1, 0.15) is 4.90 Å². The topological polar surface area (TPSA) is 110 Å². The van der Waals surface area contributed by atoms with E-state index < -0.39 is 10.0 Å². The standard InChI is InChI=1S/C18H31N5O3S.ClH/c1-22-13-16(12-20-22)27(25,26)23-9-5-15(6-10-23)21-17(24)11-18(14-19)7-3-2-4-8-18;/h12-13,15H,2-11,14,19H2,1H3,(H,21,24);1H. The van der Waals surface area contributed by atoms with Gasteiger partial charge in [0.2, 0.25) is 15.9 Å². The van der Waals surface area contributed by atoms with Gasteiger partial charge in [0.25, 0.3) is 0 Å². The molecule has 1 amide bonds. The lowest BCUT2D eigenvalue weighted by atomic mass is 9.71. The highest BCUT2D eigenvalue weighted by Gasteiger charge is 2.35. The van der Waals surface area contributed by atoms with Crippen LogP contribution in [0.3, 0.4) is 0 Å². The van der Waals surface area contributed by atoms with Gasteiger partial charge in [-0.2, -0.15) is 9.40 Å². The smallest absolute Gasteiger partial charge is 0.246 e. The third-order valence-corrected chi connectivity index (χ3v) is 7.87. The third-order valence-electron chi connectivity index (χ3n) is 6.02. The summed E-state index contributed by atoms with van der Waals surface area (Å²) in [5.74, 6) is 0.0518. The van der Waals surface area contributed by atoms with Crippen molar-refractivity contribution in [2.75, 3.05) is 19.6 Å². The van der Waals surface area contributed by atoms with E-state index in [-0.39, 0.29) is 34.7 Å². The summed E-state index contributed by atoms with van der Waals surface area (Å²) in [6.07, 6.45) is 10.2. The number of hydrogen-bond donors (Lipinski definition) is 2. The number of piperidine rings is 1. The number of amides is 1. The van der Waals surface area contributed by atoms with Gasteiger partial charge in [0.05, 0.1) is 6.20 Å². The Balaban J connectivity index is 0.00000280. The van der Waals surface area contributed by atoms with E-state index in [1.54, 1.807) is 7.05 Å². The van der Waals surface area contributed by atoms with Crippen molar-refractivity contribution in [3.8, 4) is 0 Å². The SMILES string of the molecule is Cl.Cn1cc(S(=O)(=O)N2CCC(NC(=O)CC3(CN)CCCCC3)CC2)cn1. The number of rotatable bonds is 6. The molecule has 0 aromatic carbocycles. The van der Waals surface area contributed by atoms with Gasteiger partial charge in [-0.25, -0.2) is 8.42 Å². The van der Waals surface area contributed by atoms with Gasteiger partial charge in [0.15, 0.2) is 0 Å². The predicted molar refractivity (Wildman–Crippen MR) is 110 cm³/mol. The van der Waals surface area contributed by atoms with E-state index in [0.29, 0.717) is 38.9 Å². The Labute approximate surface area is 173 Å². The highest BCUT2D eigenvalue weighted by molar-refractivity contribution is 7.89. The molecule has 1 aromatic rings. The molecule has 10 heteroatoms. The minimum absolute atomic E-state index is 0. The Kier molecular flexibility index (Phi) is 7.89.